The number of hydrogen-bond donors (Lipinski definition) is 2. The van der Waals surface area contributed by atoms with E-state index >= 15 is 0 Å². The third-order valence-corrected chi connectivity index (χ3v) is 4.28. The van der Waals surface area contributed by atoms with E-state index in [0.717, 1.165) is 16.9 Å². The first kappa shape index (κ1) is 15.7. The molecule has 23 heavy (non-hydrogen) atoms. The second-order valence-corrected chi connectivity index (χ2v) is 5.88. The number of imidazole rings is 1. The molecule has 0 bridgehead atoms. The van der Waals surface area contributed by atoms with Crippen molar-refractivity contribution in [2.24, 2.45) is 7.05 Å². The van der Waals surface area contributed by atoms with Gasteiger partial charge in [0.15, 0.2) is 0 Å². The largest absolute Gasteiger partial charge is 0.396 e. The summed E-state index contributed by atoms with van der Waals surface area (Å²) in [6.07, 6.45) is 0.679. The highest BCUT2D eigenvalue weighted by Crippen LogP contribution is 2.24. The molecule has 3 rings (SSSR count). The minimum absolute atomic E-state index is 0.0872. The molecule has 1 unspecified atom stereocenters. The fourth-order valence-corrected chi connectivity index (χ4v) is 3.09. The molecule has 0 fully saturated rings. The average Bonchev–Trinajstić information content (AvgIpc) is 2.93. The van der Waals surface area contributed by atoms with Crippen molar-refractivity contribution < 1.29 is 5.11 Å². The van der Waals surface area contributed by atoms with E-state index in [9.17, 15) is 5.11 Å². The maximum atomic E-state index is 9.39. The van der Waals surface area contributed by atoms with Crippen molar-refractivity contribution in [3.63, 3.8) is 0 Å². The van der Waals surface area contributed by atoms with Crippen molar-refractivity contribution in [3.05, 3.63) is 66.0 Å². The molecule has 2 N–H and O–H groups in total. The first-order valence-corrected chi connectivity index (χ1v) is 8.04. The van der Waals surface area contributed by atoms with Gasteiger partial charge in [-0.25, -0.2) is 4.98 Å². The molecular weight excluding hydrogens is 286 g/mol. The Morgan fingerprint density at radius 3 is 2.48 bits per heavy atom. The Morgan fingerprint density at radius 2 is 1.78 bits per heavy atom. The molecule has 1 heterocycles. The lowest BCUT2D eigenvalue weighted by atomic mass is 10.0. The van der Waals surface area contributed by atoms with Gasteiger partial charge in [-0.3, -0.25) is 0 Å². The van der Waals surface area contributed by atoms with Gasteiger partial charge in [0.05, 0.1) is 17.1 Å². The number of nitrogens with one attached hydrogen (secondary N) is 1. The Balaban J connectivity index is 1.86. The van der Waals surface area contributed by atoms with Crippen LogP contribution in [-0.4, -0.2) is 21.3 Å². The Hall–Kier alpha value is -2.17. The maximum Gasteiger partial charge on any atom is 0.126 e. The van der Waals surface area contributed by atoms with E-state index in [0.29, 0.717) is 6.42 Å². The first-order chi connectivity index (χ1) is 11.2. The average molecular weight is 309 g/mol. The number of aliphatic hydroxyl groups is 1. The molecule has 0 radical (unpaired) electrons. The molecule has 0 amide bonds. The molecule has 2 atom stereocenters. The monoisotopic (exact) mass is 309 g/mol. The molecule has 3 aromatic rings. The van der Waals surface area contributed by atoms with Crippen LogP contribution in [0.1, 0.15) is 36.8 Å². The van der Waals surface area contributed by atoms with Crippen molar-refractivity contribution in [2.45, 2.75) is 25.4 Å². The molecule has 0 aliphatic carbocycles. The van der Waals surface area contributed by atoms with E-state index in [1.807, 2.05) is 43.4 Å². The van der Waals surface area contributed by atoms with E-state index in [1.54, 1.807) is 0 Å². The van der Waals surface area contributed by atoms with Crippen LogP contribution in [0, 0.1) is 0 Å². The zero-order valence-corrected chi connectivity index (χ0v) is 13.6. The number of rotatable bonds is 6. The topological polar surface area (TPSA) is 50.1 Å². The molecule has 4 nitrogen and oxygen atoms in total. The summed E-state index contributed by atoms with van der Waals surface area (Å²) in [6, 6.07) is 18.6. The van der Waals surface area contributed by atoms with E-state index in [4.69, 9.17) is 4.98 Å². The van der Waals surface area contributed by atoms with Gasteiger partial charge in [-0.05, 0) is 31.0 Å². The van der Waals surface area contributed by atoms with Crippen LogP contribution >= 0.6 is 0 Å². The van der Waals surface area contributed by atoms with Gasteiger partial charge in [0, 0.05) is 19.7 Å². The SMILES string of the molecule is CC(N[C@H](CCO)c1ccccc1)c1nc2ccccc2n1C. The van der Waals surface area contributed by atoms with Crippen molar-refractivity contribution in [2.75, 3.05) is 6.61 Å². The van der Waals surface area contributed by atoms with Gasteiger partial charge >= 0.3 is 0 Å². The highest BCUT2D eigenvalue weighted by molar-refractivity contribution is 5.75. The minimum Gasteiger partial charge on any atom is -0.396 e. The summed E-state index contributed by atoms with van der Waals surface area (Å²) in [4.78, 5) is 4.76. The van der Waals surface area contributed by atoms with E-state index < -0.39 is 0 Å². The molecule has 0 saturated heterocycles. The number of aliphatic hydroxyl groups excluding tert-OH is 1. The van der Waals surface area contributed by atoms with Gasteiger partial charge in [-0.1, -0.05) is 42.5 Å². The fourth-order valence-electron chi connectivity index (χ4n) is 3.09. The Morgan fingerprint density at radius 1 is 1.09 bits per heavy atom. The Bertz CT molecular complexity index is 767. The van der Waals surface area contributed by atoms with Crippen molar-refractivity contribution >= 4 is 11.0 Å². The summed E-state index contributed by atoms with van der Waals surface area (Å²) in [6.45, 7) is 2.27. The second kappa shape index (κ2) is 6.94. The molecule has 120 valence electrons. The van der Waals surface area contributed by atoms with Crippen LogP contribution in [0.15, 0.2) is 54.6 Å². The highest BCUT2D eigenvalue weighted by Gasteiger charge is 2.19. The number of benzene rings is 2. The first-order valence-electron chi connectivity index (χ1n) is 8.04. The summed E-state index contributed by atoms with van der Waals surface area (Å²) >= 11 is 0. The van der Waals surface area contributed by atoms with Crippen molar-refractivity contribution in [1.82, 2.24) is 14.9 Å². The van der Waals surface area contributed by atoms with Gasteiger partial charge in [-0.2, -0.15) is 0 Å². The van der Waals surface area contributed by atoms with Crippen LogP contribution in [0.3, 0.4) is 0 Å². The maximum absolute atomic E-state index is 9.39. The lowest BCUT2D eigenvalue weighted by molar-refractivity contribution is 0.259. The third kappa shape index (κ3) is 3.28. The zero-order valence-electron chi connectivity index (χ0n) is 13.6. The van der Waals surface area contributed by atoms with Crippen molar-refractivity contribution in [3.8, 4) is 0 Å². The van der Waals surface area contributed by atoms with E-state index in [2.05, 4.69) is 35.0 Å². The standard InChI is InChI=1S/C19H23N3O/c1-14(19-21-17-10-6-7-11-18(17)22(19)2)20-16(12-13-23)15-8-4-3-5-9-15/h3-11,14,16,20,23H,12-13H2,1-2H3/t14?,16-/m1/s1. The third-order valence-electron chi connectivity index (χ3n) is 4.28. The van der Waals surface area contributed by atoms with Gasteiger partial charge < -0.3 is 15.0 Å². The Kier molecular flexibility index (Phi) is 4.74. The smallest absolute Gasteiger partial charge is 0.126 e. The number of nitrogens with zero attached hydrogens (tertiary/aromatic N) is 2. The summed E-state index contributed by atoms with van der Waals surface area (Å²) in [5.74, 6) is 1.00. The highest BCUT2D eigenvalue weighted by atomic mass is 16.3. The molecule has 0 aliphatic rings. The predicted molar refractivity (Wildman–Crippen MR) is 93.2 cm³/mol. The zero-order chi connectivity index (χ0) is 16.2. The van der Waals surface area contributed by atoms with Gasteiger partial charge in [-0.15, -0.1) is 0 Å². The molecule has 0 saturated carbocycles. The summed E-state index contributed by atoms with van der Waals surface area (Å²) < 4.78 is 2.13. The van der Waals surface area contributed by atoms with Crippen LogP contribution < -0.4 is 5.32 Å². The lowest BCUT2D eigenvalue weighted by Gasteiger charge is -2.23. The van der Waals surface area contributed by atoms with E-state index in [-0.39, 0.29) is 18.7 Å². The quantitative estimate of drug-likeness (QED) is 0.734. The molecule has 0 spiro atoms. The predicted octanol–water partition coefficient (Wildman–Crippen LogP) is 3.35. The van der Waals surface area contributed by atoms with E-state index in [1.165, 1.54) is 5.56 Å². The van der Waals surface area contributed by atoms with Crippen molar-refractivity contribution in [1.29, 1.82) is 0 Å². The van der Waals surface area contributed by atoms with Crippen LogP contribution in [0.5, 0.6) is 0 Å². The number of hydrogen-bond acceptors (Lipinski definition) is 3. The molecular formula is C19H23N3O. The van der Waals surface area contributed by atoms with Crippen LogP contribution in [-0.2, 0) is 7.05 Å². The van der Waals surface area contributed by atoms with Gasteiger partial charge in [0.1, 0.15) is 5.82 Å². The number of aromatic nitrogens is 2. The van der Waals surface area contributed by atoms with Gasteiger partial charge in [0.2, 0.25) is 0 Å². The minimum atomic E-state index is 0.0872. The summed E-state index contributed by atoms with van der Waals surface area (Å²) in [7, 11) is 2.05. The number of aryl methyl sites for hydroxylation is 1. The van der Waals surface area contributed by atoms with Gasteiger partial charge in [0.25, 0.3) is 0 Å². The normalized spacial score (nSPS) is 14.0. The molecule has 0 aliphatic heterocycles. The second-order valence-electron chi connectivity index (χ2n) is 5.88. The van der Waals surface area contributed by atoms with Crippen LogP contribution in [0.2, 0.25) is 0 Å². The lowest BCUT2D eigenvalue weighted by Crippen LogP contribution is -2.27. The molecule has 2 aromatic carbocycles. The number of para-hydroxylation sites is 2. The summed E-state index contributed by atoms with van der Waals surface area (Å²) in [5.41, 5.74) is 3.33. The van der Waals surface area contributed by atoms with Crippen LogP contribution in [0.25, 0.3) is 11.0 Å². The fraction of sp³-hybridized carbons (Fsp3) is 0.316. The summed E-state index contributed by atoms with van der Waals surface area (Å²) in [5, 5.41) is 13.0. The van der Waals surface area contributed by atoms with Crippen LogP contribution in [0.4, 0.5) is 0 Å². The molecule has 1 aromatic heterocycles. The molecule has 4 heteroatoms. The Labute approximate surface area is 136 Å². The number of fused-ring (bicyclic) bond motifs is 1.